The van der Waals surface area contributed by atoms with Crippen molar-refractivity contribution in [1.82, 2.24) is 0 Å². The van der Waals surface area contributed by atoms with Crippen LogP contribution in [0, 0.1) is 21.8 Å². The molecule has 0 radical (unpaired) electrons. The summed E-state index contributed by atoms with van der Waals surface area (Å²) in [6.07, 6.45) is 0.346. The molecule has 2 aliphatic rings. The molecule has 1 aromatic carbocycles. The van der Waals surface area contributed by atoms with Gasteiger partial charge in [0.25, 0.3) is 5.69 Å². The molecule has 2 N–H and O–H groups in total. The molecule has 2 heterocycles. The Labute approximate surface area is 131 Å². The van der Waals surface area contributed by atoms with E-state index in [1.807, 2.05) is 6.92 Å². The molecular formula is C14H16FN3O3S. The summed E-state index contributed by atoms with van der Waals surface area (Å²) in [5.41, 5.74) is 5.09. The van der Waals surface area contributed by atoms with Gasteiger partial charge in [0, 0.05) is 42.4 Å². The van der Waals surface area contributed by atoms with Gasteiger partial charge in [-0.1, -0.05) is 11.8 Å². The van der Waals surface area contributed by atoms with Gasteiger partial charge in [-0.05, 0) is 13.0 Å². The minimum atomic E-state index is -0.886. The predicted octanol–water partition coefficient (Wildman–Crippen LogP) is 2.42. The van der Waals surface area contributed by atoms with Gasteiger partial charge < -0.3 is 10.5 Å². The number of nitrogens with two attached hydrogens (primary N) is 1. The number of fused-ring (bicyclic) bond motifs is 1. The number of amidine groups is 1. The first-order valence-electron chi connectivity index (χ1n) is 6.98. The van der Waals surface area contributed by atoms with E-state index in [0.29, 0.717) is 23.9 Å². The van der Waals surface area contributed by atoms with Crippen LogP contribution >= 0.6 is 11.8 Å². The van der Waals surface area contributed by atoms with Gasteiger partial charge in [0.15, 0.2) is 5.17 Å². The van der Waals surface area contributed by atoms with Crippen LogP contribution in [0.5, 0.6) is 0 Å². The van der Waals surface area contributed by atoms with Crippen molar-refractivity contribution in [1.29, 1.82) is 0 Å². The van der Waals surface area contributed by atoms with Crippen molar-refractivity contribution in [2.24, 2.45) is 16.6 Å². The molecule has 2 aliphatic heterocycles. The maximum atomic E-state index is 14.5. The Morgan fingerprint density at radius 1 is 1.59 bits per heavy atom. The highest BCUT2D eigenvalue weighted by Gasteiger charge is 2.50. The zero-order valence-corrected chi connectivity index (χ0v) is 12.8. The van der Waals surface area contributed by atoms with E-state index in [0.717, 1.165) is 12.1 Å². The summed E-state index contributed by atoms with van der Waals surface area (Å²) in [7, 11) is 0. The number of benzene rings is 1. The summed E-state index contributed by atoms with van der Waals surface area (Å²) in [6, 6.07) is 3.58. The van der Waals surface area contributed by atoms with E-state index in [1.165, 1.54) is 17.8 Å². The van der Waals surface area contributed by atoms with Gasteiger partial charge >= 0.3 is 0 Å². The number of hydrogen-bond donors (Lipinski definition) is 1. The molecule has 3 atom stereocenters. The van der Waals surface area contributed by atoms with Crippen LogP contribution in [0.3, 0.4) is 0 Å². The van der Waals surface area contributed by atoms with Crippen LogP contribution < -0.4 is 5.73 Å². The second kappa shape index (κ2) is 5.51. The largest absolute Gasteiger partial charge is 0.379 e. The van der Waals surface area contributed by atoms with E-state index in [1.54, 1.807) is 0 Å². The average Bonchev–Trinajstić information content (AvgIpc) is 2.47. The van der Waals surface area contributed by atoms with E-state index < -0.39 is 16.3 Å². The number of nitro groups is 1. The lowest BCUT2D eigenvalue weighted by Gasteiger charge is -2.46. The minimum Gasteiger partial charge on any atom is -0.379 e. The molecule has 0 bridgehead atoms. The van der Waals surface area contributed by atoms with Crippen LogP contribution in [0.2, 0.25) is 0 Å². The van der Waals surface area contributed by atoms with E-state index in [2.05, 4.69) is 4.99 Å². The van der Waals surface area contributed by atoms with E-state index >= 15 is 0 Å². The molecule has 8 heteroatoms. The van der Waals surface area contributed by atoms with E-state index in [-0.39, 0.29) is 23.3 Å². The normalized spacial score (nSPS) is 31.3. The van der Waals surface area contributed by atoms with Crippen molar-refractivity contribution in [3.63, 3.8) is 0 Å². The number of non-ortho nitro benzene ring substituents is 1. The number of thioether (sulfide) groups is 1. The van der Waals surface area contributed by atoms with E-state index in [4.69, 9.17) is 10.5 Å². The van der Waals surface area contributed by atoms with Crippen molar-refractivity contribution in [2.75, 3.05) is 12.4 Å². The number of rotatable bonds is 2. The van der Waals surface area contributed by atoms with Crippen LogP contribution in [-0.4, -0.2) is 28.6 Å². The van der Waals surface area contributed by atoms with Crippen molar-refractivity contribution in [3.8, 4) is 0 Å². The summed E-state index contributed by atoms with van der Waals surface area (Å²) >= 11 is 1.41. The highest BCUT2D eigenvalue weighted by Crippen LogP contribution is 2.48. The fourth-order valence-electron chi connectivity index (χ4n) is 3.26. The number of aliphatic imine (C=N–C) groups is 1. The van der Waals surface area contributed by atoms with Crippen LogP contribution in [0.25, 0.3) is 0 Å². The third-order valence-corrected chi connectivity index (χ3v) is 5.30. The Hall–Kier alpha value is -1.67. The van der Waals surface area contributed by atoms with Gasteiger partial charge in [-0.25, -0.2) is 4.39 Å². The Morgan fingerprint density at radius 2 is 2.36 bits per heavy atom. The molecular weight excluding hydrogens is 309 g/mol. The number of halogens is 1. The fraction of sp³-hybridized carbons (Fsp3) is 0.500. The smallest absolute Gasteiger partial charge is 0.270 e. The fourth-order valence-corrected chi connectivity index (χ4v) is 4.38. The number of hydrogen-bond acceptors (Lipinski definition) is 6. The van der Waals surface area contributed by atoms with Crippen LogP contribution in [0.4, 0.5) is 10.1 Å². The van der Waals surface area contributed by atoms with Crippen molar-refractivity contribution < 1.29 is 14.1 Å². The number of nitro benzene ring substituents is 1. The third kappa shape index (κ3) is 2.36. The van der Waals surface area contributed by atoms with Crippen LogP contribution in [0.15, 0.2) is 23.2 Å². The lowest BCUT2D eigenvalue weighted by atomic mass is 9.72. The minimum absolute atomic E-state index is 0.0740. The molecule has 1 aromatic rings. The summed E-state index contributed by atoms with van der Waals surface area (Å²) in [4.78, 5) is 15.0. The Morgan fingerprint density at radius 3 is 3.09 bits per heavy atom. The Kier molecular flexibility index (Phi) is 3.82. The monoisotopic (exact) mass is 325 g/mol. The van der Waals surface area contributed by atoms with E-state index in [9.17, 15) is 14.5 Å². The molecule has 0 aliphatic carbocycles. The van der Waals surface area contributed by atoms with Gasteiger partial charge in [-0.3, -0.25) is 15.1 Å². The highest BCUT2D eigenvalue weighted by atomic mass is 32.2. The van der Waals surface area contributed by atoms with Crippen molar-refractivity contribution in [2.45, 2.75) is 25.0 Å². The summed E-state index contributed by atoms with van der Waals surface area (Å²) < 4.78 is 20.1. The molecule has 6 nitrogen and oxygen atoms in total. The zero-order chi connectivity index (χ0) is 15.9. The summed E-state index contributed by atoms with van der Waals surface area (Å²) in [5, 5.41) is 11.4. The quantitative estimate of drug-likeness (QED) is 0.666. The Balaban J connectivity index is 2.19. The second-order valence-corrected chi connectivity index (χ2v) is 6.58. The van der Waals surface area contributed by atoms with Crippen LogP contribution in [-0.2, 0) is 10.3 Å². The first-order valence-corrected chi connectivity index (χ1v) is 7.97. The maximum Gasteiger partial charge on any atom is 0.270 e. The van der Waals surface area contributed by atoms with Gasteiger partial charge in [0.05, 0.1) is 16.6 Å². The molecule has 3 rings (SSSR count). The number of nitrogens with zero attached hydrogens (tertiary/aromatic N) is 2. The Bertz CT molecular complexity index is 654. The van der Waals surface area contributed by atoms with Crippen molar-refractivity contribution in [3.05, 3.63) is 39.7 Å². The molecule has 1 saturated heterocycles. The molecule has 0 amide bonds. The van der Waals surface area contributed by atoms with Gasteiger partial charge in [0.2, 0.25) is 0 Å². The molecule has 118 valence electrons. The summed E-state index contributed by atoms with van der Waals surface area (Å²) in [6.45, 7) is 2.34. The molecule has 0 aromatic heterocycles. The third-order valence-electron chi connectivity index (χ3n) is 4.39. The van der Waals surface area contributed by atoms with Crippen LogP contribution in [0.1, 0.15) is 18.9 Å². The molecule has 0 saturated carbocycles. The van der Waals surface area contributed by atoms with Gasteiger partial charge in [-0.2, -0.15) is 0 Å². The lowest BCUT2D eigenvalue weighted by molar-refractivity contribution is -0.385. The SMILES string of the molecule is C[C@H]1OCC[C@]2(c3cc([N+](=O)[O-])ccc3F)N=C(N)SC[C@H]12. The second-order valence-electron chi connectivity index (χ2n) is 5.54. The zero-order valence-electron chi connectivity index (χ0n) is 12.0. The highest BCUT2D eigenvalue weighted by molar-refractivity contribution is 8.13. The average molecular weight is 325 g/mol. The number of ether oxygens (including phenoxy) is 1. The molecule has 0 unspecified atom stereocenters. The molecule has 1 fully saturated rings. The maximum absolute atomic E-state index is 14.5. The topological polar surface area (TPSA) is 90.8 Å². The molecule has 22 heavy (non-hydrogen) atoms. The first-order chi connectivity index (χ1) is 10.4. The standard InChI is InChI=1S/C14H16FN3O3S/c1-8-11-7-22-13(16)17-14(11,4-5-21-8)10-6-9(18(19)20)2-3-12(10)15/h2-3,6,8,11H,4-5,7H2,1H3,(H2,16,17)/t8-,11-,14-/m1/s1. The van der Waals surface area contributed by atoms with Gasteiger partial charge in [-0.15, -0.1) is 0 Å². The lowest BCUT2D eigenvalue weighted by Crippen LogP contribution is -2.50. The summed E-state index contributed by atoms with van der Waals surface area (Å²) in [5.74, 6) is 0.0849. The predicted molar refractivity (Wildman–Crippen MR) is 82.3 cm³/mol. The first kappa shape index (κ1) is 15.2. The van der Waals surface area contributed by atoms with Gasteiger partial charge in [0.1, 0.15) is 5.82 Å². The molecule has 0 spiro atoms. The van der Waals surface area contributed by atoms with Crippen molar-refractivity contribution >= 4 is 22.6 Å².